The lowest BCUT2D eigenvalue weighted by molar-refractivity contribution is -0.140. The minimum Gasteiger partial charge on any atom is -0.474 e. The fourth-order valence-corrected chi connectivity index (χ4v) is 3.00. The number of nitrogens with zero attached hydrogens (tertiary/aromatic N) is 2. The van der Waals surface area contributed by atoms with Gasteiger partial charge in [0.1, 0.15) is 11.7 Å². The first-order chi connectivity index (χ1) is 12.5. The molecule has 0 spiro atoms. The van der Waals surface area contributed by atoms with Gasteiger partial charge in [0.2, 0.25) is 11.8 Å². The molecule has 26 heavy (non-hydrogen) atoms. The fourth-order valence-electron chi connectivity index (χ4n) is 3.00. The van der Waals surface area contributed by atoms with Crippen molar-refractivity contribution in [1.29, 1.82) is 0 Å². The summed E-state index contributed by atoms with van der Waals surface area (Å²) in [5, 5.41) is 2.94. The molecule has 1 heterocycles. The van der Waals surface area contributed by atoms with Gasteiger partial charge in [-0.2, -0.15) is 18.2 Å². The van der Waals surface area contributed by atoms with Crippen molar-refractivity contribution in [3.8, 4) is 5.88 Å². The van der Waals surface area contributed by atoms with Gasteiger partial charge in [-0.15, -0.1) is 0 Å². The van der Waals surface area contributed by atoms with Gasteiger partial charge in [-0.1, -0.05) is 25.5 Å². The van der Waals surface area contributed by atoms with Crippen LogP contribution in [-0.4, -0.2) is 16.1 Å². The van der Waals surface area contributed by atoms with Crippen molar-refractivity contribution >= 4 is 11.6 Å². The number of aryl methyl sites for hydroxylation is 1. The van der Waals surface area contributed by atoms with E-state index < -0.39 is 17.6 Å². The number of ether oxygens (including phenoxy) is 1. The Hall–Kier alpha value is -2.31. The van der Waals surface area contributed by atoms with Crippen LogP contribution in [-0.2, 0) is 12.6 Å². The summed E-state index contributed by atoms with van der Waals surface area (Å²) in [6.07, 6.45) is 1.45. The smallest absolute Gasteiger partial charge is 0.423 e. The largest absolute Gasteiger partial charge is 0.474 e. The predicted molar refractivity (Wildman–Crippen MR) is 93.6 cm³/mol. The Labute approximate surface area is 150 Å². The summed E-state index contributed by atoms with van der Waals surface area (Å²) < 4.78 is 45.4. The van der Waals surface area contributed by atoms with E-state index in [1.165, 1.54) is 5.56 Å². The van der Waals surface area contributed by atoms with Gasteiger partial charge < -0.3 is 10.1 Å². The van der Waals surface area contributed by atoms with E-state index in [4.69, 9.17) is 4.74 Å². The molecule has 7 heteroatoms. The zero-order valence-corrected chi connectivity index (χ0v) is 14.6. The van der Waals surface area contributed by atoms with E-state index in [0.29, 0.717) is 5.69 Å². The Balaban J connectivity index is 1.82. The molecule has 140 valence electrons. The van der Waals surface area contributed by atoms with E-state index in [9.17, 15) is 13.2 Å². The number of anilines is 2. The predicted octanol–water partition coefficient (Wildman–Crippen LogP) is 5.51. The summed E-state index contributed by atoms with van der Waals surface area (Å²) in [5.41, 5.74) is 0.950. The molecular formula is C19H22F3N3O. The van der Waals surface area contributed by atoms with E-state index in [0.717, 1.165) is 44.7 Å². The van der Waals surface area contributed by atoms with Crippen LogP contribution in [0.25, 0.3) is 0 Å². The third-order valence-electron chi connectivity index (χ3n) is 4.51. The molecule has 1 fully saturated rings. The fraction of sp³-hybridized carbons (Fsp3) is 0.474. The quantitative estimate of drug-likeness (QED) is 0.759. The second kappa shape index (κ2) is 7.93. The second-order valence-corrected chi connectivity index (χ2v) is 6.46. The first-order valence-electron chi connectivity index (χ1n) is 8.92. The van der Waals surface area contributed by atoms with E-state index in [2.05, 4.69) is 22.2 Å². The number of aromatic nitrogens is 2. The molecule has 0 radical (unpaired) electrons. The molecule has 3 rings (SSSR count). The van der Waals surface area contributed by atoms with Crippen LogP contribution < -0.4 is 10.1 Å². The molecule has 0 unspecified atom stereocenters. The Bertz CT molecular complexity index is 726. The zero-order valence-electron chi connectivity index (χ0n) is 14.6. The number of alkyl halides is 3. The van der Waals surface area contributed by atoms with Crippen molar-refractivity contribution in [3.63, 3.8) is 0 Å². The molecule has 1 aliphatic rings. The molecule has 2 aromatic rings. The average Bonchev–Trinajstić information content (AvgIpc) is 2.62. The summed E-state index contributed by atoms with van der Waals surface area (Å²) >= 11 is 0. The topological polar surface area (TPSA) is 47.0 Å². The summed E-state index contributed by atoms with van der Waals surface area (Å²) in [4.78, 5) is 7.82. The SMILES string of the molecule is CCc1ccc(Nc2ncc(C(F)(F)F)c(OC3CCCCC3)n2)cc1. The Morgan fingerprint density at radius 1 is 1.12 bits per heavy atom. The summed E-state index contributed by atoms with van der Waals surface area (Å²) in [6, 6.07) is 7.60. The number of hydrogen-bond donors (Lipinski definition) is 1. The van der Waals surface area contributed by atoms with Gasteiger partial charge in [0.25, 0.3) is 0 Å². The maximum Gasteiger partial charge on any atom is 0.423 e. The van der Waals surface area contributed by atoms with Crippen molar-refractivity contribution in [2.24, 2.45) is 0 Å². The van der Waals surface area contributed by atoms with E-state index in [1.807, 2.05) is 24.3 Å². The highest BCUT2D eigenvalue weighted by Crippen LogP contribution is 2.36. The molecule has 1 aromatic carbocycles. The van der Waals surface area contributed by atoms with Crippen molar-refractivity contribution in [1.82, 2.24) is 9.97 Å². The Morgan fingerprint density at radius 2 is 1.81 bits per heavy atom. The van der Waals surface area contributed by atoms with Gasteiger partial charge in [-0.05, 0) is 49.8 Å². The van der Waals surface area contributed by atoms with Gasteiger partial charge in [-0.3, -0.25) is 0 Å². The molecule has 1 saturated carbocycles. The van der Waals surface area contributed by atoms with Crippen LogP contribution in [0.4, 0.5) is 24.8 Å². The van der Waals surface area contributed by atoms with Crippen molar-refractivity contribution in [3.05, 3.63) is 41.6 Å². The van der Waals surface area contributed by atoms with Crippen LogP contribution in [0, 0.1) is 0 Å². The summed E-state index contributed by atoms with van der Waals surface area (Å²) in [6.45, 7) is 2.05. The monoisotopic (exact) mass is 365 g/mol. The van der Waals surface area contributed by atoms with Crippen molar-refractivity contribution < 1.29 is 17.9 Å². The Kier molecular flexibility index (Phi) is 5.64. The Morgan fingerprint density at radius 3 is 2.42 bits per heavy atom. The van der Waals surface area contributed by atoms with Crippen LogP contribution in [0.1, 0.15) is 50.2 Å². The normalized spacial score (nSPS) is 15.7. The van der Waals surface area contributed by atoms with E-state index in [1.54, 1.807) is 0 Å². The van der Waals surface area contributed by atoms with Gasteiger partial charge in [0.05, 0.1) is 0 Å². The number of benzene rings is 1. The van der Waals surface area contributed by atoms with Gasteiger partial charge in [0.15, 0.2) is 0 Å². The summed E-state index contributed by atoms with van der Waals surface area (Å²) in [5.74, 6) is -0.305. The lowest BCUT2D eigenvalue weighted by atomic mass is 9.98. The lowest BCUT2D eigenvalue weighted by Crippen LogP contribution is -2.22. The van der Waals surface area contributed by atoms with Crippen LogP contribution in [0.2, 0.25) is 0 Å². The van der Waals surface area contributed by atoms with E-state index in [-0.39, 0.29) is 12.1 Å². The third-order valence-corrected chi connectivity index (χ3v) is 4.51. The molecular weight excluding hydrogens is 343 g/mol. The minimum absolute atomic E-state index is 0.0908. The summed E-state index contributed by atoms with van der Waals surface area (Å²) in [7, 11) is 0. The minimum atomic E-state index is -4.55. The lowest BCUT2D eigenvalue weighted by Gasteiger charge is -2.24. The highest BCUT2D eigenvalue weighted by molar-refractivity contribution is 5.54. The van der Waals surface area contributed by atoms with Crippen LogP contribution >= 0.6 is 0 Å². The highest BCUT2D eigenvalue weighted by Gasteiger charge is 2.37. The molecule has 0 atom stereocenters. The zero-order chi connectivity index (χ0) is 18.6. The molecule has 1 N–H and O–H groups in total. The maximum atomic E-state index is 13.3. The number of rotatable bonds is 5. The molecule has 0 bridgehead atoms. The van der Waals surface area contributed by atoms with Crippen molar-refractivity contribution in [2.75, 3.05) is 5.32 Å². The molecule has 0 amide bonds. The van der Waals surface area contributed by atoms with E-state index >= 15 is 0 Å². The highest BCUT2D eigenvalue weighted by atomic mass is 19.4. The van der Waals surface area contributed by atoms with Crippen molar-refractivity contribution in [2.45, 2.75) is 57.7 Å². The molecule has 1 aromatic heterocycles. The number of nitrogens with one attached hydrogen (secondary N) is 1. The van der Waals surface area contributed by atoms with Gasteiger partial charge in [-0.25, -0.2) is 4.98 Å². The van der Waals surface area contributed by atoms with Gasteiger partial charge in [0, 0.05) is 11.9 Å². The molecule has 0 saturated heterocycles. The average molecular weight is 365 g/mol. The maximum absolute atomic E-state index is 13.3. The second-order valence-electron chi connectivity index (χ2n) is 6.46. The van der Waals surface area contributed by atoms with Gasteiger partial charge >= 0.3 is 6.18 Å². The number of hydrogen-bond acceptors (Lipinski definition) is 4. The first kappa shape index (κ1) is 18.5. The molecule has 4 nitrogen and oxygen atoms in total. The van der Waals surface area contributed by atoms with Crippen LogP contribution in [0.3, 0.4) is 0 Å². The molecule has 1 aliphatic carbocycles. The van der Waals surface area contributed by atoms with Crippen LogP contribution in [0.15, 0.2) is 30.5 Å². The standard InChI is InChI=1S/C19H22F3N3O/c1-2-13-8-10-14(11-9-13)24-18-23-12-16(19(20,21)22)17(25-18)26-15-6-4-3-5-7-15/h8-12,15H,2-7H2,1H3,(H,23,24,25). The third kappa shape index (κ3) is 4.65. The first-order valence-corrected chi connectivity index (χ1v) is 8.92. The number of halogens is 3. The van der Waals surface area contributed by atoms with Crippen LogP contribution in [0.5, 0.6) is 5.88 Å². The molecule has 0 aliphatic heterocycles.